The Labute approximate surface area is 156 Å². The second kappa shape index (κ2) is 7.21. The summed E-state index contributed by atoms with van der Waals surface area (Å²) in [6.07, 6.45) is 0.645. The summed E-state index contributed by atoms with van der Waals surface area (Å²) in [6.45, 7) is 2.15. The van der Waals surface area contributed by atoms with Gasteiger partial charge in [-0.15, -0.1) is 0 Å². The van der Waals surface area contributed by atoms with E-state index in [0.29, 0.717) is 16.7 Å². The van der Waals surface area contributed by atoms with Crippen molar-refractivity contribution in [3.63, 3.8) is 0 Å². The monoisotopic (exact) mass is 360 g/mol. The van der Waals surface area contributed by atoms with Crippen molar-refractivity contribution in [1.82, 2.24) is 9.55 Å². The molecule has 0 saturated carbocycles. The van der Waals surface area contributed by atoms with Gasteiger partial charge in [-0.1, -0.05) is 48.0 Å². The number of aryl methyl sites for hydroxylation is 1. The third-order valence-corrected chi connectivity index (χ3v) is 4.57. The first-order valence-electron chi connectivity index (χ1n) is 8.86. The molecule has 0 aliphatic heterocycles. The fourth-order valence-electron chi connectivity index (χ4n) is 3.19. The lowest BCUT2D eigenvalue weighted by molar-refractivity contribution is 0.0922. The van der Waals surface area contributed by atoms with Crippen LogP contribution in [0.5, 0.6) is 5.75 Å². The number of hydrogen-bond acceptors (Lipinski definition) is 4. The quantitative estimate of drug-likeness (QED) is 0.593. The minimum atomic E-state index is -0.828. The summed E-state index contributed by atoms with van der Waals surface area (Å²) in [5.74, 6) is 0.715. The predicted molar refractivity (Wildman–Crippen MR) is 106 cm³/mol. The van der Waals surface area contributed by atoms with Gasteiger partial charge < -0.3 is 9.84 Å². The van der Waals surface area contributed by atoms with Gasteiger partial charge in [-0.05, 0) is 30.5 Å². The molecule has 1 atom stereocenters. The molecule has 0 aliphatic rings. The maximum absolute atomic E-state index is 12.6. The number of nitrogens with zero attached hydrogens (tertiary/aromatic N) is 2. The van der Waals surface area contributed by atoms with E-state index in [1.165, 1.54) is 10.9 Å². The zero-order chi connectivity index (χ0) is 18.8. The van der Waals surface area contributed by atoms with E-state index < -0.39 is 6.10 Å². The van der Waals surface area contributed by atoms with Gasteiger partial charge >= 0.3 is 0 Å². The molecule has 27 heavy (non-hydrogen) atoms. The summed E-state index contributed by atoms with van der Waals surface area (Å²) in [5.41, 5.74) is 1.50. The molecule has 136 valence electrons. The van der Waals surface area contributed by atoms with Crippen molar-refractivity contribution in [2.75, 3.05) is 6.61 Å². The van der Waals surface area contributed by atoms with Crippen molar-refractivity contribution >= 4 is 21.7 Å². The van der Waals surface area contributed by atoms with Crippen LogP contribution in [0.2, 0.25) is 0 Å². The molecule has 1 unspecified atom stereocenters. The van der Waals surface area contributed by atoms with E-state index in [4.69, 9.17) is 4.74 Å². The number of ether oxygens (including phenoxy) is 1. The summed E-state index contributed by atoms with van der Waals surface area (Å²) in [4.78, 5) is 16.9. The van der Waals surface area contributed by atoms with Crippen molar-refractivity contribution < 1.29 is 9.84 Å². The summed E-state index contributed by atoms with van der Waals surface area (Å²) < 4.78 is 7.24. The van der Waals surface area contributed by atoms with Crippen molar-refractivity contribution in [2.45, 2.75) is 19.6 Å². The number of fused-ring (bicyclic) bond motifs is 2. The predicted octanol–water partition coefficient (Wildman–Crippen LogP) is 3.30. The Morgan fingerprint density at radius 3 is 2.78 bits per heavy atom. The first kappa shape index (κ1) is 17.2. The second-order valence-electron chi connectivity index (χ2n) is 6.66. The van der Waals surface area contributed by atoms with E-state index in [1.54, 1.807) is 0 Å². The molecule has 1 heterocycles. The van der Waals surface area contributed by atoms with Crippen LogP contribution in [0, 0.1) is 6.92 Å². The molecule has 4 rings (SSSR count). The number of hydrogen-bond donors (Lipinski definition) is 1. The van der Waals surface area contributed by atoms with E-state index in [0.717, 1.165) is 16.3 Å². The molecule has 0 saturated heterocycles. The Hall–Kier alpha value is -3.18. The summed E-state index contributed by atoms with van der Waals surface area (Å²) >= 11 is 0. The third kappa shape index (κ3) is 3.55. The largest absolute Gasteiger partial charge is 0.490 e. The zero-order valence-electron chi connectivity index (χ0n) is 15.0. The van der Waals surface area contributed by atoms with Crippen LogP contribution in [0.1, 0.15) is 5.56 Å². The lowest BCUT2D eigenvalue weighted by atomic mass is 10.1. The van der Waals surface area contributed by atoms with Gasteiger partial charge in [-0.3, -0.25) is 9.36 Å². The molecule has 4 aromatic rings. The number of aliphatic hydroxyl groups is 1. The number of rotatable bonds is 5. The summed E-state index contributed by atoms with van der Waals surface area (Å²) in [5, 5.41) is 13.0. The summed E-state index contributed by atoms with van der Waals surface area (Å²) in [7, 11) is 0. The van der Waals surface area contributed by atoms with Gasteiger partial charge in [0.05, 0.1) is 23.8 Å². The molecule has 0 amide bonds. The van der Waals surface area contributed by atoms with E-state index in [1.807, 2.05) is 67.6 Å². The normalized spacial score (nSPS) is 12.4. The van der Waals surface area contributed by atoms with Crippen molar-refractivity contribution in [3.05, 3.63) is 82.9 Å². The second-order valence-corrected chi connectivity index (χ2v) is 6.66. The Morgan fingerprint density at radius 1 is 1.07 bits per heavy atom. The highest BCUT2D eigenvalue weighted by atomic mass is 16.5. The molecule has 0 radical (unpaired) electrons. The van der Waals surface area contributed by atoms with Crippen molar-refractivity contribution in [3.8, 4) is 5.75 Å². The first-order valence-corrected chi connectivity index (χ1v) is 8.86. The molecule has 0 bridgehead atoms. The molecule has 0 fully saturated rings. The summed E-state index contributed by atoms with van der Waals surface area (Å²) in [6, 6.07) is 19.3. The van der Waals surface area contributed by atoms with Crippen LogP contribution in [0.25, 0.3) is 21.7 Å². The van der Waals surface area contributed by atoms with Crippen LogP contribution in [0.3, 0.4) is 0 Å². The average Bonchev–Trinajstić information content (AvgIpc) is 2.69. The average molecular weight is 360 g/mol. The lowest BCUT2D eigenvalue weighted by Gasteiger charge is -2.15. The Kier molecular flexibility index (Phi) is 4.60. The third-order valence-electron chi connectivity index (χ3n) is 4.57. The first-order chi connectivity index (χ1) is 13.1. The van der Waals surface area contributed by atoms with Crippen LogP contribution < -0.4 is 10.3 Å². The van der Waals surface area contributed by atoms with E-state index >= 15 is 0 Å². The Bertz CT molecular complexity index is 1160. The fraction of sp³-hybridized carbons (Fsp3) is 0.182. The number of benzene rings is 3. The Morgan fingerprint density at radius 2 is 1.89 bits per heavy atom. The highest BCUT2D eigenvalue weighted by Crippen LogP contribution is 2.25. The molecule has 3 aromatic carbocycles. The highest BCUT2D eigenvalue weighted by Gasteiger charge is 2.11. The van der Waals surface area contributed by atoms with Crippen molar-refractivity contribution in [2.24, 2.45) is 0 Å². The van der Waals surface area contributed by atoms with Crippen LogP contribution in [0.15, 0.2) is 71.8 Å². The highest BCUT2D eigenvalue weighted by molar-refractivity contribution is 5.88. The number of aromatic nitrogens is 2. The van der Waals surface area contributed by atoms with Crippen LogP contribution in [-0.4, -0.2) is 27.4 Å². The molecule has 5 heteroatoms. The van der Waals surface area contributed by atoms with E-state index in [-0.39, 0.29) is 18.7 Å². The van der Waals surface area contributed by atoms with E-state index in [2.05, 4.69) is 4.98 Å². The van der Waals surface area contributed by atoms with Crippen molar-refractivity contribution in [1.29, 1.82) is 0 Å². The molecule has 1 N–H and O–H groups in total. The van der Waals surface area contributed by atoms with E-state index in [9.17, 15) is 9.90 Å². The molecule has 0 aliphatic carbocycles. The van der Waals surface area contributed by atoms with Crippen LogP contribution in [0.4, 0.5) is 0 Å². The zero-order valence-corrected chi connectivity index (χ0v) is 15.0. The van der Waals surface area contributed by atoms with Crippen LogP contribution >= 0.6 is 0 Å². The lowest BCUT2D eigenvalue weighted by Crippen LogP contribution is -2.30. The minimum Gasteiger partial charge on any atom is -0.490 e. The topological polar surface area (TPSA) is 64.3 Å². The maximum Gasteiger partial charge on any atom is 0.261 e. The fourth-order valence-corrected chi connectivity index (χ4v) is 3.19. The number of aliphatic hydroxyl groups excluding tert-OH is 1. The van der Waals surface area contributed by atoms with Gasteiger partial charge in [0.25, 0.3) is 5.56 Å². The molecule has 5 nitrogen and oxygen atoms in total. The molecular formula is C22H20N2O3. The molecule has 1 aromatic heterocycles. The molecule has 0 spiro atoms. The van der Waals surface area contributed by atoms with Gasteiger partial charge in [0, 0.05) is 5.39 Å². The van der Waals surface area contributed by atoms with Gasteiger partial charge in [0.15, 0.2) is 0 Å². The molecular weight excluding hydrogens is 340 g/mol. The van der Waals surface area contributed by atoms with Gasteiger partial charge in [-0.25, -0.2) is 4.98 Å². The Balaban J connectivity index is 1.51. The van der Waals surface area contributed by atoms with Gasteiger partial charge in [0.2, 0.25) is 0 Å². The maximum atomic E-state index is 12.6. The minimum absolute atomic E-state index is 0.0896. The van der Waals surface area contributed by atoms with Gasteiger partial charge in [0.1, 0.15) is 18.5 Å². The van der Waals surface area contributed by atoms with Crippen LogP contribution in [-0.2, 0) is 6.54 Å². The standard InChI is InChI=1S/C22H20N2O3/c1-15-9-10-20-19(11-15)22(26)24(14-23-20)12-17(25)13-27-21-8-4-6-16-5-2-3-7-18(16)21/h2-11,14,17,25H,12-13H2,1H3. The van der Waals surface area contributed by atoms with Gasteiger partial charge in [-0.2, -0.15) is 0 Å². The SMILES string of the molecule is Cc1ccc2ncn(CC(O)COc3cccc4ccccc34)c(=O)c2c1. The smallest absolute Gasteiger partial charge is 0.261 e.